The van der Waals surface area contributed by atoms with Crippen LogP contribution in [-0.4, -0.2) is 27.4 Å². The average molecular weight is 252 g/mol. The van der Waals surface area contributed by atoms with Crippen LogP contribution in [0.1, 0.15) is 58.2 Å². The lowest BCUT2D eigenvalue weighted by atomic mass is 10.0. The van der Waals surface area contributed by atoms with E-state index in [0.29, 0.717) is 6.04 Å². The molecule has 4 nitrogen and oxygen atoms in total. The second kappa shape index (κ2) is 9.09. The number of aryl methyl sites for hydroxylation is 1. The van der Waals surface area contributed by atoms with Crippen LogP contribution < -0.4 is 5.32 Å². The molecule has 0 radical (unpaired) electrons. The van der Waals surface area contributed by atoms with E-state index in [9.17, 15) is 0 Å². The SMILES string of the molecule is CCCCCCCC(Cc1ncnn1C)NCC. The van der Waals surface area contributed by atoms with Crippen LogP contribution in [0.3, 0.4) is 0 Å². The Morgan fingerprint density at radius 1 is 1.22 bits per heavy atom. The van der Waals surface area contributed by atoms with Gasteiger partial charge in [0.25, 0.3) is 0 Å². The van der Waals surface area contributed by atoms with E-state index >= 15 is 0 Å². The quantitative estimate of drug-likeness (QED) is 0.651. The van der Waals surface area contributed by atoms with Crippen molar-refractivity contribution in [2.75, 3.05) is 6.54 Å². The van der Waals surface area contributed by atoms with Crippen LogP contribution in [0.2, 0.25) is 0 Å². The molecule has 1 atom stereocenters. The monoisotopic (exact) mass is 252 g/mol. The highest BCUT2D eigenvalue weighted by Crippen LogP contribution is 2.10. The van der Waals surface area contributed by atoms with Gasteiger partial charge >= 0.3 is 0 Å². The molecule has 0 fully saturated rings. The van der Waals surface area contributed by atoms with E-state index < -0.39 is 0 Å². The normalized spacial score (nSPS) is 12.8. The molecule has 0 amide bonds. The van der Waals surface area contributed by atoms with Gasteiger partial charge in [0, 0.05) is 19.5 Å². The summed E-state index contributed by atoms with van der Waals surface area (Å²) in [6.45, 7) is 5.45. The fourth-order valence-corrected chi connectivity index (χ4v) is 2.28. The van der Waals surface area contributed by atoms with Gasteiger partial charge in [-0.05, 0) is 13.0 Å². The van der Waals surface area contributed by atoms with Gasteiger partial charge in [0.1, 0.15) is 12.2 Å². The Kier molecular flexibility index (Phi) is 7.65. The molecule has 1 aromatic heterocycles. The minimum atomic E-state index is 0.541. The van der Waals surface area contributed by atoms with E-state index in [1.54, 1.807) is 6.33 Å². The molecule has 18 heavy (non-hydrogen) atoms. The van der Waals surface area contributed by atoms with Crippen molar-refractivity contribution in [1.82, 2.24) is 20.1 Å². The Balaban J connectivity index is 2.29. The maximum atomic E-state index is 4.31. The van der Waals surface area contributed by atoms with Gasteiger partial charge in [-0.1, -0.05) is 46.0 Å². The molecule has 1 aromatic rings. The highest BCUT2D eigenvalue weighted by atomic mass is 15.3. The average Bonchev–Trinajstić information content (AvgIpc) is 2.75. The largest absolute Gasteiger partial charge is 0.314 e. The second-order valence-electron chi connectivity index (χ2n) is 4.96. The fourth-order valence-electron chi connectivity index (χ4n) is 2.28. The highest BCUT2D eigenvalue weighted by molar-refractivity contribution is 4.88. The Labute approximate surface area is 111 Å². The lowest BCUT2D eigenvalue weighted by molar-refractivity contribution is 0.447. The van der Waals surface area contributed by atoms with Crippen LogP contribution in [0.5, 0.6) is 0 Å². The molecule has 0 saturated carbocycles. The molecule has 1 rings (SSSR count). The van der Waals surface area contributed by atoms with Crippen molar-refractivity contribution in [2.24, 2.45) is 7.05 Å². The summed E-state index contributed by atoms with van der Waals surface area (Å²) < 4.78 is 1.88. The maximum absolute atomic E-state index is 4.31. The van der Waals surface area contributed by atoms with Gasteiger partial charge in [-0.2, -0.15) is 5.10 Å². The van der Waals surface area contributed by atoms with Gasteiger partial charge in [-0.15, -0.1) is 0 Å². The first-order valence-electron chi connectivity index (χ1n) is 7.34. The van der Waals surface area contributed by atoms with Crippen LogP contribution in [0, 0.1) is 0 Å². The first-order chi connectivity index (χ1) is 8.77. The van der Waals surface area contributed by atoms with Gasteiger partial charge in [-0.25, -0.2) is 4.98 Å². The van der Waals surface area contributed by atoms with Crippen molar-refractivity contribution >= 4 is 0 Å². The van der Waals surface area contributed by atoms with E-state index in [1.165, 1.54) is 38.5 Å². The molecular weight excluding hydrogens is 224 g/mol. The third-order valence-electron chi connectivity index (χ3n) is 3.38. The number of hydrogen-bond acceptors (Lipinski definition) is 3. The van der Waals surface area contributed by atoms with Crippen molar-refractivity contribution in [3.05, 3.63) is 12.2 Å². The maximum Gasteiger partial charge on any atom is 0.138 e. The molecule has 4 heteroatoms. The molecule has 0 aliphatic carbocycles. The predicted molar refractivity (Wildman–Crippen MR) is 75.5 cm³/mol. The van der Waals surface area contributed by atoms with E-state index in [0.717, 1.165) is 18.8 Å². The van der Waals surface area contributed by atoms with Crippen molar-refractivity contribution in [2.45, 2.75) is 64.8 Å². The molecule has 0 spiro atoms. The summed E-state index contributed by atoms with van der Waals surface area (Å²) in [6.07, 6.45) is 10.6. The first-order valence-corrected chi connectivity index (χ1v) is 7.34. The summed E-state index contributed by atoms with van der Waals surface area (Å²) in [5, 5.41) is 7.69. The highest BCUT2D eigenvalue weighted by Gasteiger charge is 2.11. The molecule has 0 aromatic carbocycles. The molecule has 0 aliphatic rings. The zero-order valence-electron chi connectivity index (χ0n) is 12.2. The lowest BCUT2D eigenvalue weighted by Crippen LogP contribution is -2.31. The molecular formula is C14H28N4. The fraction of sp³-hybridized carbons (Fsp3) is 0.857. The van der Waals surface area contributed by atoms with Gasteiger partial charge < -0.3 is 5.32 Å². The number of hydrogen-bond donors (Lipinski definition) is 1. The zero-order chi connectivity index (χ0) is 13.2. The first kappa shape index (κ1) is 15.2. The molecule has 104 valence electrons. The molecule has 1 unspecified atom stereocenters. The van der Waals surface area contributed by atoms with Gasteiger partial charge in [0.05, 0.1) is 0 Å². The molecule has 0 saturated heterocycles. The summed E-state index contributed by atoms with van der Waals surface area (Å²) in [7, 11) is 1.96. The Morgan fingerprint density at radius 2 is 2.00 bits per heavy atom. The Hall–Kier alpha value is -0.900. The van der Waals surface area contributed by atoms with Crippen molar-refractivity contribution in [3.8, 4) is 0 Å². The van der Waals surface area contributed by atoms with Crippen LogP contribution in [0.4, 0.5) is 0 Å². The van der Waals surface area contributed by atoms with E-state index in [4.69, 9.17) is 0 Å². The minimum absolute atomic E-state index is 0.541. The number of unbranched alkanes of at least 4 members (excludes halogenated alkanes) is 4. The zero-order valence-corrected chi connectivity index (χ0v) is 12.2. The minimum Gasteiger partial charge on any atom is -0.314 e. The van der Waals surface area contributed by atoms with Gasteiger partial charge in [0.2, 0.25) is 0 Å². The number of nitrogens with zero attached hydrogens (tertiary/aromatic N) is 3. The predicted octanol–water partition coefficient (Wildman–Crippen LogP) is 2.70. The van der Waals surface area contributed by atoms with E-state index in [-0.39, 0.29) is 0 Å². The van der Waals surface area contributed by atoms with Crippen molar-refractivity contribution in [3.63, 3.8) is 0 Å². The molecule has 0 bridgehead atoms. The molecule has 1 N–H and O–H groups in total. The van der Waals surface area contributed by atoms with Gasteiger partial charge in [-0.3, -0.25) is 4.68 Å². The van der Waals surface area contributed by atoms with Crippen LogP contribution in [-0.2, 0) is 13.5 Å². The second-order valence-corrected chi connectivity index (χ2v) is 4.96. The van der Waals surface area contributed by atoms with E-state index in [1.807, 2.05) is 11.7 Å². The number of aromatic nitrogens is 3. The number of nitrogens with one attached hydrogen (secondary N) is 1. The molecule has 1 heterocycles. The third kappa shape index (κ3) is 5.63. The van der Waals surface area contributed by atoms with Crippen LogP contribution >= 0.6 is 0 Å². The summed E-state index contributed by atoms with van der Waals surface area (Å²) in [6, 6.07) is 0.541. The van der Waals surface area contributed by atoms with Crippen molar-refractivity contribution in [1.29, 1.82) is 0 Å². The Morgan fingerprint density at radius 3 is 2.61 bits per heavy atom. The summed E-state index contributed by atoms with van der Waals surface area (Å²) >= 11 is 0. The summed E-state index contributed by atoms with van der Waals surface area (Å²) in [5.74, 6) is 1.08. The smallest absolute Gasteiger partial charge is 0.138 e. The topological polar surface area (TPSA) is 42.7 Å². The van der Waals surface area contributed by atoms with Crippen LogP contribution in [0.15, 0.2) is 6.33 Å². The Bertz CT molecular complexity index is 308. The molecule has 0 aliphatic heterocycles. The van der Waals surface area contributed by atoms with E-state index in [2.05, 4.69) is 29.2 Å². The van der Waals surface area contributed by atoms with Crippen molar-refractivity contribution < 1.29 is 0 Å². The number of rotatable bonds is 10. The number of likely N-dealkylation sites (N-methyl/N-ethyl adjacent to an activating group) is 1. The standard InChI is InChI=1S/C14H28N4/c1-4-6-7-8-9-10-13(15-5-2)11-14-16-12-17-18(14)3/h12-13,15H,4-11H2,1-3H3. The van der Waals surface area contributed by atoms with Gasteiger partial charge in [0.15, 0.2) is 0 Å². The summed E-state index contributed by atoms with van der Waals surface area (Å²) in [5.41, 5.74) is 0. The summed E-state index contributed by atoms with van der Waals surface area (Å²) in [4.78, 5) is 4.31. The third-order valence-corrected chi connectivity index (χ3v) is 3.38. The van der Waals surface area contributed by atoms with Crippen LogP contribution in [0.25, 0.3) is 0 Å². The lowest BCUT2D eigenvalue weighted by Gasteiger charge is -2.17.